The maximum atomic E-state index is 11.5. The van der Waals surface area contributed by atoms with Crippen LogP contribution in [0.5, 0.6) is 0 Å². The van der Waals surface area contributed by atoms with Gasteiger partial charge in [0.15, 0.2) is 0 Å². The molecule has 2 aromatic carbocycles. The molecule has 1 saturated heterocycles. The lowest BCUT2D eigenvalue weighted by molar-refractivity contribution is -0.0212. The normalized spacial score (nSPS) is 17.0. The van der Waals surface area contributed by atoms with Gasteiger partial charge in [-0.2, -0.15) is 0 Å². The fourth-order valence-corrected chi connectivity index (χ4v) is 4.34. The lowest BCUT2D eigenvalue weighted by Crippen LogP contribution is -2.50. The molecule has 1 aromatic heterocycles. The molecule has 2 atom stereocenters. The Bertz CT molecular complexity index is 1130. The van der Waals surface area contributed by atoms with Crippen LogP contribution >= 0.6 is 0 Å². The fraction of sp³-hybridized carbons (Fsp3) is 0.440. The topological polar surface area (TPSA) is 74.1 Å². The number of aromatic nitrogens is 2. The van der Waals surface area contributed by atoms with Crippen LogP contribution in [0.2, 0.25) is 0 Å². The van der Waals surface area contributed by atoms with Gasteiger partial charge >= 0.3 is 5.97 Å². The number of imidazole rings is 1. The van der Waals surface area contributed by atoms with Gasteiger partial charge in [-0.15, -0.1) is 0 Å². The molecule has 2 heterocycles. The van der Waals surface area contributed by atoms with Crippen molar-refractivity contribution in [1.29, 1.82) is 0 Å². The quantitative estimate of drug-likeness (QED) is 0.590. The van der Waals surface area contributed by atoms with E-state index in [0.717, 1.165) is 43.2 Å². The molecule has 2 unspecified atom stereocenters. The molecule has 0 aliphatic carbocycles. The number of hydrogen-bond acceptors (Lipinski definition) is 6. The number of carboxylic acid groups (broad SMARTS) is 1. The molecule has 176 valence electrons. The van der Waals surface area contributed by atoms with Crippen LogP contribution in [0.4, 0.5) is 5.69 Å². The molecule has 8 nitrogen and oxygen atoms in total. The van der Waals surface area contributed by atoms with E-state index in [4.69, 9.17) is 9.72 Å². The molecule has 33 heavy (non-hydrogen) atoms. The van der Waals surface area contributed by atoms with Crippen molar-refractivity contribution in [2.24, 2.45) is 0 Å². The summed E-state index contributed by atoms with van der Waals surface area (Å²) in [5.41, 5.74) is 4.03. The first-order valence-electron chi connectivity index (χ1n) is 11.3. The number of benzene rings is 2. The van der Waals surface area contributed by atoms with Gasteiger partial charge in [0, 0.05) is 44.7 Å². The van der Waals surface area contributed by atoms with Crippen molar-refractivity contribution in [3.8, 4) is 5.69 Å². The van der Waals surface area contributed by atoms with E-state index in [0.29, 0.717) is 5.52 Å². The summed E-state index contributed by atoms with van der Waals surface area (Å²) in [5.74, 6) is -0.0639. The zero-order chi connectivity index (χ0) is 23.7. The fourth-order valence-electron chi connectivity index (χ4n) is 4.34. The third kappa shape index (κ3) is 4.59. The van der Waals surface area contributed by atoms with Crippen LogP contribution < -0.4 is 4.90 Å². The molecule has 1 aliphatic heterocycles. The van der Waals surface area contributed by atoms with Gasteiger partial charge in [0.05, 0.1) is 22.6 Å². The minimum atomic E-state index is -0.947. The Labute approximate surface area is 195 Å². The van der Waals surface area contributed by atoms with Gasteiger partial charge < -0.3 is 14.7 Å². The summed E-state index contributed by atoms with van der Waals surface area (Å²) in [6.07, 6.45) is 0.126. The van der Waals surface area contributed by atoms with E-state index in [9.17, 15) is 9.90 Å². The number of rotatable bonds is 7. The number of fused-ring (bicyclic) bond motifs is 1. The van der Waals surface area contributed by atoms with Gasteiger partial charge in [-0.05, 0) is 64.3 Å². The summed E-state index contributed by atoms with van der Waals surface area (Å²) in [6.45, 7) is 7.97. The first-order chi connectivity index (χ1) is 15.8. The Balaban J connectivity index is 1.73. The SMILES string of the molecule is COC(C)N1CCN(c2cccc(-n3c(C(C)N(C)C)nc4cc(C(=O)O)ccc43)c2)CC1. The van der Waals surface area contributed by atoms with E-state index in [2.05, 4.69) is 57.4 Å². The molecule has 0 bridgehead atoms. The molecular weight excluding hydrogens is 418 g/mol. The Morgan fingerprint density at radius 2 is 1.76 bits per heavy atom. The largest absolute Gasteiger partial charge is 0.478 e. The van der Waals surface area contributed by atoms with Crippen molar-refractivity contribution in [2.45, 2.75) is 26.1 Å². The maximum absolute atomic E-state index is 11.5. The summed E-state index contributed by atoms with van der Waals surface area (Å²) < 4.78 is 7.63. The van der Waals surface area contributed by atoms with Crippen LogP contribution in [0, 0.1) is 0 Å². The highest BCUT2D eigenvalue weighted by Crippen LogP contribution is 2.30. The lowest BCUT2D eigenvalue weighted by atomic mass is 10.2. The number of anilines is 1. The van der Waals surface area contributed by atoms with Gasteiger partial charge in [-0.25, -0.2) is 9.78 Å². The molecular formula is C25H33N5O3. The molecule has 1 aliphatic rings. The second kappa shape index (κ2) is 9.51. The first kappa shape index (κ1) is 23.2. The van der Waals surface area contributed by atoms with Crippen LogP contribution in [0.25, 0.3) is 16.7 Å². The number of ether oxygens (including phenoxy) is 1. The minimum absolute atomic E-state index is 0.0495. The van der Waals surface area contributed by atoms with Crippen molar-refractivity contribution >= 4 is 22.7 Å². The highest BCUT2D eigenvalue weighted by atomic mass is 16.5. The number of carboxylic acids is 1. The van der Waals surface area contributed by atoms with E-state index < -0.39 is 5.97 Å². The Kier molecular flexibility index (Phi) is 6.69. The maximum Gasteiger partial charge on any atom is 0.335 e. The summed E-state index contributed by atoms with van der Waals surface area (Å²) in [4.78, 5) is 23.2. The van der Waals surface area contributed by atoms with Gasteiger partial charge in [-0.1, -0.05) is 6.07 Å². The van der Waals surface area contributed by atoms with Crippen molar-refractivity contribution < 1.29 is 14.6 Å². The molecule has 1 N–H and O–H groups in total. The third-order valence-corrected chi connectivity index (χ3v) is 6.70. The van der Waals surface area contributed by atoms with Crippen molar-refractivity contribution in [2.75, 3.05) is 52.3 Å². The molecule has 8 heteroatoms. The number of nitrogens with zero attached hydrogens (tertiary/aromatic N) is 5. The summed E-state index contributed by atoms with van der Waals surface area (Å²) in [7, 11) is 5.80. The van der Waals surface area contributed by atoms with Gasteiger partial charge in [0.1, 0.15) is 12.1 Å². The third-order valence-electron chi connectivity index (χ3n) is 6.70. The van der Waals surface area contributed by atoms with Crippen LogP contribution in [0.3, 0.4) is 0 Å². The van der Waals surface area contributed by atoms with Gasteiger partial charge in [0.2, 0.25) is 0 Å². The monoisotopic (exact) mass is 451 g/mol. The van der Waals surface area contributed by atoms with E-state index in [1.54, 1.807) is 19.2 Å². The molecule has 0 spiro atoms. The summed E-state index contributed by atoms with van der Waals surface area (Å²) in [5, 5.41) is 9.42. The Morgan fingerprint density at radius 1 is 1.06 bits per heavy atom. The van der Waals surface area contributed by atoms with Crippen LogP contribution in [0.1, 0.15) is 36.1 Å². The number of hydrogen-bond donors (Lipinski definition) is 1. The van der Waals surface area contributed by atoms with Crippen LogP contribution in [-0.4, -0.2) is 84.0 Å². The second-order valence-corrected chi connectivity index (χ2v) is 8.83. The Morgan fingerprint density at radius 3 is 2.39 bits per heavy atom. The summed E-state index contributed by atoms with van der Waals surface area (Å²) in [6, 6.07) is 13.7. The molecule has 1 fully saturated rings. The number of methoxy groups -OCH3 is 1. The Hall–Kier alpha value is -2.94. The lowest BCUT2D eigenvalue weighted by Gasteiger charge is -2.38. The number of aromatic carboxylic acids is 1. The van der Waals surface area contributed by atoms with Crippen molar-refractivity contribution in [3.05, 3.63) is 53.9 Å². The van der Waals surface area contributed by atoms with Crippen LogP contribution in [-0.2, 0) is 4.74 Å². The standard InChI is InChI=1S/C25H33N5O3/c1-17(27(3)4)24-26-22-15-19(25(31)32)9-10-23(22)30(24)21-8-6-7-20(16-21)29-13-11-28(12-14-29)18(2)33-5/h6-10,15-18H,11-14H2,1-5H3,(H,31,32). The molecule has 0 radical (unpaired) electrons. The smallest absolute Gasteiger partial charge is 0.335 e. The van der Waals surface area contributed by atoms with E-state index in [1.165, 1.54) is 5.69 Å². The predicted molar refractivity (Wildman–Crippen MR) is 130 cm³/mol. The molecule has 0 saturated carbocycles. The van der Waals surface area contributed by atoms with Crippen molar-refractivity contribution in [3.63, 3.8) is 0 Å². The zero-order valence-electron chi connectivity index (χ0n) is 20.0. The molecule has 4 rings (SSSR count). The average Bonchev–Trinajstić information content (AvgIpc) is 3.21. The minimum Gasteiger partial charge on any atom is -0.478 e. The number of piperazine rings is 1. The highest BCUT2D eigenvalue weighted by molar-refractivity contribution is 5.93. The highest BCUT2D eigenvalue weighted by Gasteiger charge is 2.23. The first-order valence-corrected chi connectivity index (χ1v) is 11.3. The van der Waals surface area contributed by atoms with Gasteiger partial charge in [0.25, 0.3) is 0 Å². The summed E-state index contributed by atoms with van der Waals surface area (Å²) >= 11 is 0. The van der Waals surface area contributed by atoms with Gasteiger partial charge in [-0.3, -0.25) is 14.4 Å². The molecule has 0 amide bonds. The number of carbonyl (C=O) groups is 1. The predicted octanol–water partition coefficient (Wildman–Crippen LogP) is 3.46. The molecule has 3 aromatic rings. The van der Waals surface area contributed by atoms with E-state index in [-0.39, 0.29) is 17.8 Å². The van der Waals surface area contributed by atoms with Crippen molar-refractivity contribution in [1.82, 2.24) is 19.4 Å². The van der Waals surface area contributed by atoms with Crippen LogP contribution in [0.15, 0.2) is 42.5 Å². The average molecular weight is 452 g/mol. The zero-order valence-corrected chi connectivity index (χ0v) is 20.0. The van der Waals surface area contributed by atoms with E-state index >= 15 is 0 Å². The van der Waals surface area contributed by atoms with E-state index in [1.807, 2.05) is 20.2 Å². The second-order valence-electron chi connectivity index (χ2n) is 8.83.